The first-order chi connectivity index (χ1) is 12.1. The summed E-state index contributed by atoms with van der Waals surface area (Å²) in [4.78, 5) is 27.7. The smallest absolute Gasteiger partial charge is 0.328 e. The van der Waals surface area contributed by atoms with Crippen LogP contribution in [0.1, 0.15) is 18.9 Å². The lowest BCUT2D eigenvalue weighted by molar-refractivity contribution is 0.105. The zero-order valence-corrected chi connectivity index (χ0v) is 14.0. The Morgan fingerprint density at radius 2 is 1.88 bits per heavy atom. The number of rotatable bonds is 5. The number of aromatic amines is 1. The summed E-state index contributed by atoms with van der Waals surface area (Å²) >= 11 is 0. The molecule has 1 aliphatic rings. The van der Waals surface area contributed by atoms with E-state index in [2.05, 4.69) is 9.88 Å². The second-order valence-electron chi connectivity index (χ2n) is 6.23. The fourth-order valence-corrected chi connectivity index (χ4v) is 3.17. The third-order valence-corrected chi connectivity index (χ3v) is 4.55. The van der Waals surface area contributed by atoms with E-state index in [1.165, 1.54) is 16.8 Å². The van der Waals surface area contributed by atoms with Gasteiger partial charge in [0, 0.05) is 31.9 Å². The maximum atomic E-state index is 12.0. The number of H-pyrrole nitrogens is 1. The van der Waals surface area contributed by atoms with E-state index in [0.29, 0.717) is 19.4 Å². The second-order valence-corrected chi connectivity index (χ2v) is 6.23. The van der Waals surface area contributed by atoms with Gasteiger partial charge in [-0.25, -0.2) is 4.79 Å². The summed E-state index contributed by atoms with van der Waals surface area (Å²) in [6.45, 7) is 2.83. The molecule has 1 saturated heterocycles. The number of aliphatic hydroxyl groups excluding tert-OH is 1. The van der Waals surface area contributed by atoms with Crippen LogP contribution < -0.4 is 16.0 Å². The van der Waals surface area contributed by atoms with Crippen LogP contribution in [-0.4, -0.2) is 51.9 Å². The van der Waals surface area contributed by atoms with Crippen molar-refractivity contribution in [3.8, 4) is 5.75 Å². The van der Waals surface area contributed by atoms with E-state index in [4.69, 9.17) is 4.74 Å². The van der Waals surface area contributed by atoms with Crippen molar-refractivity contribution in [2.45, 2.75) is 25.0 Å². The van der Waals surface area contributed by atoms with E-state index in [1.54, 1.807) is 0 Å². The fourth-order valence-electron chi connectivity index (χ4n) is 3.17. The van der Waals surface area contributed by atoms with Crippen molar-refractivity contribution >= 4 is 0 Å². The lowest BCUT2D eigenvalue weighted by Crippen LogP contribution is -2.36. The first kappa shape index (κ1) is 17.4. The molecule has 0 spiro atoms. The average molecular weight is 345 g/mol. The molecule has 1 fully saturated rings. The molecule has 0 amide bonds. The molecule has 7 heteroatoms. The highest BCUT2D eigenvalue weighted by Crippen LogP contribution is 2.21. The lowest BCUT2D eigenvalue weighted by atomic mass is 10.1. The molecule has 2 atom stereocenters. The van der Waals surface area contributed by atoms with Crippen LogP contribution in [0.5, 0.6) is 5.75 Å². The van der Waals surface area contributed by atoms with Gasteiger partial charge in [-0.05, 0) is 25.0 Å². The van der Waals surface area contributed by atoms with Crippen molar-refractivity contribution in [2.75, 3.05) is 26.2 Å². The molecule has 1 aromatic carbocycles. The topological polar surface area (TPSA) is 87.6 Å². The molecule has 0 saturated carbocycles. The van der Waals surface area contributed by atoms with E-state index in [-0.39, 0.29) is 6.04 Å². The molecule has 0 radical (unpaired) electrons. The third kappa shape index (κ3) is 4.58. The molecule has 0 bridgehead atoms. The SMILES string of the molecule is O=c1ccn([C@H]2CCN(CCOc3ccccc3)CC[C@@H]2O)c(=O)[nH]1. The van der Waals surface area contributed by atoms with Crippen LogP contribution in [0, 0.1) is 0 Å². The van der Waals surface area contributed by atoms with Crippen LogP contribution in [0.15, 0.2) is 52.2 Å². The fraction of sp³-hybridized carbons (Fsp3) is 0.444. The predicted molar refractivity (Wildman–Crippen MR) is 94.0 cm³/mol. The highest BCUT2D eigenvalue weighted by molar-refractivity contribution is 5.20. The number of hydrogen-bond donors (Lipinski definition) is 2. The number of para-hydroxylation sites is 1. The van der Waals surface area contributed by atoms with Crippen molar-refractivity contribution in [3.63, 3.8) is 0 Å². The highest BCUT2D eigenvalue weighted by Gasteiger charge is 2.26. The van der Waals surface area contributed by atoms with Gasteiger partial charge in [0.2, 0.25) is 0 Å². The van der Waals surface area contributed by atoms with Gasteiger partial charge in [-0.1, -0.05) is 18.2 Å². The predicted octanol–water partition coefficient (Wildman–Crippen LogP) is 0.613. The largest absolute Gasteiger partial charge is 0.492 e. The molecule has 3 rings (SSSR count). The van der Waals surface area contributed by atoms with Gasteiger partial charge in [0.1, 0.15) is 12.4 Å². The van der Waals surface area contributed by atoms with Crippen LogP contribution in [0.4, 0.5) is 0 Å². The van der Waals surface area contributed by atoms with Gasteiger partial charge in [-0.2, -0.15) is 0 Å². The van der Waals surface area contributed by atoms with Crippen LogP contribution in [-0.2, 0) is 0 Å². The van der Waals surface area contributed by atoms with E-state index >= 15 is 0 Å². The van der Waals surface area contributed by atoms with Gasteiger partial charge in [0.05, 0.1) is 12.1 Å². The molecule has 2 heterocycles. The summed E-state index contributed by atoms with van der Waals surface area (Å²) in [6, 6.07) is 10.6. The van der Waals surface area contributed by atoms with Crippen molar-refractivity contribution in [1.82, 2.24) is 14.5 Å². The number of likely N-dealkylation sites (tertiary alicyclic amines) is 1. The van der Waals surface area contributed by atoms with Gasteiger partial charge >= 0.3 is 5.69 Å². The standard InChI is InChI=1S/C18H23N3O4/c22-16-7-10-20(12-13-25-14-4-2-1-3-5-14)9-6-15(16)21-11-8-17(23)19-18(21)24/h1-5,8,11,15-16,22H,6-7,9-10,12-13H2,(H,19,23,24)/t15-,16-/m0/s1. The van der Waals surface area contributed by atoms with E-state index in [1.807, 2.05) is 30.3 Å². The number of benzene rings is 1. The normalized spacial score (nSPS) is 21.6. The van der Waals surface area contributed by atoms with Crippen LogP contribution in [0.2, 0.25) is 0 Å². The third-order valence-electron chi connectivity index (χ3n) is 4.55. The molecule has 1 aromatic heterocycles. The van der Waals surface area contributed by atoms with Gasteiger partial charge in [-0.15, -0.1) is 0 Å². The Labute approximate surface area is 145 Å². The average Bonchev–Trinajstić information content (AvgIpc) is 2.78. The number of nitrogens with one attached hydrogen (secondary N) is 1. The Kier molecular flexibility index (Phi) is 5.67. The molecular weight excluding hydrogens is 322 g/mol. The highest BCUT2D eigenvalue weighted by atomic mass is 16.5. The molecule has 0 unspecified atom stereocenters. The van der Waals surface area contributed by atoms with E-state index < -0.39 is 17.4 Å². The first-order valence-corrected chi connectivity index (χ1v) is 8.53. The lowest BCUT2D eigenvalue weighted by Gasteiger charge is -2.22. The molecule has 7 nitrogen and oxygen atoms in total. The maximum Gasteiger partial charge on any atom is 0.328 e. The molecule has 0 aliphatic carbocycles. The number of aliphatic hydroxyl groups is 1. The Morgan fingerprint density at radius 1 is 1.12 bits per heavy atom. The van der Waals surface area contributed by atoms with Crippen molar-refractivity contribution < 1.29 is 9.84 Å². The molecule has 1 aliphatic heterocycles. The zero-order valence-electron chi connectivity index (χ0n) is 14.0. The quantitative estimate of drug-likeness (QED) is 0.829. The summed E-state index contributed by atoms with van der Waals surface area (Å²) in [5, 5.41) is 10.4. The van der Waals surface area contributed by atoms with E-state index in [0.717, 1.165) is 25.4 Å². The summed E-state index contributed by atoms with van der Waals surface area (Å²) in [6.07, 6.45) is 2.05. The number of hydrogen-bond acceptors (Lipinski definition) is 5. The molecule has 2 aromatic rings. The second kappa shape index (κ2) is 8.13. The van der Waals surface area contributed by atoms with Crippen LogP contribution in [0.25, 0.3) is 0 Å². The Balaban J connectivity index is 1.57. The molecule has 25 heavy (non-hydrogen) atoms. The minimum Gasteiger partial charge on any atom is -0.492 e. The van der Waals surface area contributed by atoms with Gasteiger partial charge in [-0.3, -0.25) is 19.2 Å². The molecule has 134 valence electrons. The maximum absolute atomic E-state index is 12.0. The first-order valence-electron chi connectivity index (χ1n) is 8.53. The summed E-state index contributed by atoms with van der Waals surface area (Å²) < 4.78 is 7.15. The van der Waals surface area contributed by atoms with Gasteiger partial charge in [0.25, 0.3) is 5.56 Å². The molecular formula is C18H23N3O4. The summed E-state index contributed by atoms with van der Waals surface area (Å²) in [5.74, 6) is 0.843. The number of aromatic nitrogens is 2. The van der Waals surface area contributed by atoms with Crippen molar-refractivity contribution in [3.05, 3.63) is 63.4 Å². The van der Waals surface area contributed by atoms with Crippen molar-refractivity contribution in [1.29, 1.82) is 0 Å². The van der Waals surface area contributed by atoms with Gasteiger partial charge in [0.15, 0.2) is 0 Å². The minimum absolute atomic E-state index is 0.329. The van der Waals surface area contributed by atoms with E-state index in [9.17, 15) is 14.7 Å². The Bertz CT molecular complexity index is 787. The Hall–Kier alpha value is -2.38. The van der Waals surface area contributed by atoms with Gasteiger partial charge < -0.3 is 9.84 Å². The van der Waals surface area contributed by atoms with Crippen LogP contribution in [0.3, 0.4) is 0 Å². The van der Waals surface area contributed by atoms with Crippen LogP contribution >= 0.6 is 0 Å². The number of nitrogens with zero attached hydrogens (tertiary/aromatic N) is 2. The monoisotopic (exact) mass is 345 g/mol. The Morgan fingerprint density at radius 3 is 2.64 bits per heavy atom. The zero-order chi connectivity index (χ0) is 17.6. The van der Waals surface area contributed by atoms with Crippen molar-refractivity contribution in [2.24, 2.45) is 0 Å². The molecule has 2 N–H and O–H groups in total. The summed E-state index contributed by atoms with van der Waals surface area (Å²) in [7, 11) is 0. The number of ether oxygens (including phenoxy) is 1. The minimum atomic E-state index is -0.622. The summed E-state index contributed by atoms with van der Waals surface area (Å²) in [5.41, 5.74) is -0.901.